The number of carbonyl (C=O) groups excluding carboxylic acids is 1. The van der Waals surface area contributed by atoms with E-state index >= 15 is 0 Å². The van der Waals surface area contributed by atoms with Gasteiger partial charge in [0.25, 0.3) is 0 Å². The van der Waals surface area contributed by atoms with Crippen molar-refractivity contribution in [2.24, 2.45) is 0 Å². The third kappa shape index (κ3) is 2.54. The van der Waals surface area contributed by atoms with Gasteiger partial charge in [0.15, 0.2) is 10.8 Å². The van der Waals surface area contributed by atoms with E-state index in [1.165, 1.54) is 24.0 Å². The molecule has 0 amide bonds. The monoisotopic (exact) mass is 288 g/mol. The maximum absolute atomic E-state index is 11.5. The van der Waals surface area contributed by atoms with Gasteiger partial charge in [-0.3, -0.25) is 0 Å². The van der Waals surface area contributed by atoms with Crippen molar-refractivity contribution in [1.82, 2.24) is 4.98 Å². The zero-order valence-corrected chi connectivity index (χ0v) is 12.2. The van der Waals surface area contributed by atoms with Gasteiger partial charge in [-0.2, -0.15) is 0 Å². The van der Waals surface area contributed by atoms with E-state index in [9.17, 15) is 4.79 Å². The first-order chi connectivity index (χ1) is 9.69. The summed E-state index contributed by atoms with van der Waals surface area (Å²) in [5, 5.41) is 4.20. The van der Waals surface area contributed by atoms with Crippen LogP contribution in [0.5, 0.6) is 0 Å². The van der Waals surface area contributed by atoms with Crippen LogP contribution in [0, 0.1) is 6.92 Å². The second-order valence-corrected chi connectivity index (χ2v) is 6.12. The van der Waals surface area contributed by atoms with Crippen molar-refractivity contribution >= 4 is 22.4 Å². The molecule has 2 atom stereocenters. The number of methoxy groups -OCH3 is 1. The van der Waals surface area contributed by atoms with Gasteiger partial charge in [0.2, 0.25) is 0 Å². The number of thiazole rings is 1. The predicted molar refractivity (Wildman–Crippen MR) is 79.4 cm³/mol. The molecule has 104 valence electrons. The van der Waals surface area contributed by atoms with Crippen molar-refractivity contribution in [2.45, 2.75) is 25.3 Å². The summed E-state index contributed by atoms with van der Waals surface area (Å²) in [6.45, 7) is 1.89. The summed E-state index contributed by atoms with van der Waals surface area (Å²) < 4.78 is 4.72. The summed E-state index contributed by atoms with van der Waals surface area (Å²) in [6, 6.07) is 10.9. The minimum Gasteiger partial charge on any atom is -0.464 e. The molecule has 1 aromatic heterocycles. The number of hydrogen-bond donors (Lipinski definition) is 1. The van der Waals surface area contributed by atoms with Crippen LogP contribution in [0.15, 0.2) is 30.3 Å². The lowest BCUT2D eigenvalue weighted by atomic mass is 10.1. The van der Waals surface area contributed by atoms with Crippen LogP contribution in [-0.2, 0) is 4.74 Å². The Kier molecular flexibility index (Phi) is 3.44. The van der Waals surface area contributed by atoms with Crippen LogP contribution >= 0.6 is 11.3 Å². The second kappa shape index (κ2) is 5.25. The molecule has 3 rings (SSSR count). The van der Waals surface area contributed by atoms with Gasteiger partial charge in [-0.25, -0.2) is 9.78 Å². The van der Waals surface area contributed by atoms with Crippen LogP contribution in [0.1, 0.15) is 33.3 Å². The molecule has 2 unspecified atom stereocenters. The van der Waals surface area contributed by atoms with Crippen LogP contribution in [0.4, 0.5) is 5.13 Å². The molecule has 1 aliphatic carbocycles. The van der Waals surface area contributed by atoms with E-state index in [0.29, 0.717) is 17.7 Å². The molecule has 4 nitrogen and oxygen atoms in total. The largest absolute Gasteiger partial charge is 0.464 e. The third-order valence-electron chi connectivity index (χ3n) is 3.50. The van der Waals surface area contributed by atoms with E-state index < -0.39 is 0 Å². The molecule has 5 heteroatoms. The molecule has 1 aliphatic rings. The number of aryl methyl sites for hydroxylation is 1. The standard InChI is InChI=1S/C15H16N2O2S/c1-9-13(14(18)19-2)17-15(20-9)16-12-8-11(12)10-6-4-3-5-7-10/h3-7,11-12H,8H2,1-2H3,(H,16,17). The number of rotatable bonds is 4. The molecule has 1 fully saturated rings. The summed E-state index contributed by atoms with van der Waals surface area (Å²) in [5.74, 6) is 0.171. The van der Waals surface area contributed by atoms with Crippen LogP contribution in [0.25, 0.3) is 0 Å². The van der Waals surface area contributed by atoms with Gasteiger partial charge < -0.3 is 10.1 Å². The lowest BCUT2D eigenvalue weighted by molar-refractivity contribution is 0.0594. The van der Waals surface area contributed by atoms with Gasteiger partial charge >= 0.3 is 5.97 Å². The number of aromatic nitrogens is 1. The Bertz CT molecular complexity index is 624. The fourth-order valence-corrected chi connectivity index (χ4v) is 3.19. The Labute approximate surface area is 121 Å². The van der Waals surface area contributed by atoms with Crippen LogP contribution < -0.4 is 5.32 Å². The van der Waals surface area contributed by atoms with E-state index in [1.54, 1.807) is 0 Å². The normalized spacial score (nSPS) is 20.5. The fraction of sp³-hybridized carbons (Fsp3) is 0.333. The molecule has 0 aliphatic heterocycles. The van der Waals surface area contributed by atoms with Crippen molar-refractivity contribution in [1.29, 1.82) is 0 Å². The van der Waals surface area contributed by atoms with E-state index in [2.05, 4.69) is 34.6 Å². The van der Waals surface area contributed by atoms with Crippen molar-refractivity contribution in [3.8, 4) is 0 Å². The molecular formula is C15H16N2O2S. The highest BCUT2D eigenvalue weighted by Gasteiger charge is 2.38. The van der Waals surface area contributed by atoms with Gasteiger partial charge in [-0.05, 0) is 18.9 Å². The number of benzene rings is 1. The van der Waals surface area contributed by atoms with Gasteiger partial charge in [0, 0.05) is 16.8 Å². The van der Waals surface area contributed by atoms with Crippen LogP contribution in [0.3, 0.4) is 0 Å². The van der Waals surface area contributed by atoms with E-state index in [-0.39, 0.29) is 5.97 Å². The third-order valence-corrected chi connectivity index (χ3v) is 4.40. The predicted octanol–water partition coefficient (Wildman–Crippen LogP) is 3.21. The molecule has 0 saturated heterocycles. The summed E-state index contributed by atoms with van der Waals surface area (Å²) in [5.41, 5.74) is 1.77. The Morgan fingerprint density at radius 1 is 1.40 bits per heavy atom. The lowest BCUT2D eigenvalue weighted by Crippen LogP contribution is -2.06. The minimum absolute atomic E-state index is 0.373. The van der Waals surface area contributed by atoms with Gasteiger partial charge in [0.05, 0.1) is 7.11 Å². The van der Waals surface area contributed by atoms with Crippen LogP contribution in [0.2, 0.25) is 0 Å². The van der Waals surface area contributed by atoms with Gasteiger partial charge in [-0.15, -0.1) is 11.3 Å². The van der Waals surface area contributed by atoms with Crippen LogP contribution in [-0.4, -0.2) is 24.1 Å². The molecule has 2 aromatic rings. The highest BCUT2D eigenvalue weighted by Crippen LogP contribution is 2.43. The summed E-state index contributed by atoms with van der Waals surface area (Å²) in [6.07, 6.45) is 1.11. The Morgan fingerprint density at radius 2 is 2.15 bits per heavy atom. The first-order valence-electron chi connectivity index (χ1n) is 6.56. The van der Waals surface area contributed by atoms with Crippen molar-refractivity contribution in [2.75, 3.05) is 12.4 Å². The number of carbonyl (C=O) groups is 1. The molecule has 1 N–H and O–H groups in total. The first kappa shape index (κ1) is 13.1. The van der Waals surface area contributed by atoms with Crippen molar-refractivity contribution in [3.63, 3.8) is 0 Å². The molecule has 20 heavy (non-hydrogen) atoms. The number of nitrogens with zero attached hydrogens (tertiary/aromatic N) is 1. The van der Waals surface area contributed by atoms with Gasteiger partial charge in [0.1, 0.15) is 0 Å². The average Bonchev–Trinajstić information content (AvgIpc) is 3.14. The van der Waals surface area contributed by atoms with Crippen molar-refractivity contribution in [3.05, 3.63) is 46.5 Å². The number of esters is 1. The topological polar surface area (TPSA) is 51.2 Å². The molecule has 0 spiro atoms. The summed E-state index contributed by atoms with van der Waals surface area (Å²) in [4.78, 5) is 16.7. The molecule has 0 radical (unpaired) electrons. The molecular weight excluding hydrogens is 272 g/mol. The van der Waals surface area contributed by atoms with Gasteiger partial charge in [-0.1, -0.05) is 30.3 Å². The summed E-state index contributed by atoms with van der Waals surface area (Å²) >= 11 is 1.50. The zero-order valence-electron chi connectivity index (χ0n) is 11.4. The number of nitrogens with one attached hydrogen (secondary N) is 1. The maximum Gasteiger partial charge on any atom is 0.357 e. The second-order valence-electron chi connectivity index (χ2n) is 4.92. The van der Waals surface area contributed by atoms with Crippen molar-refractivity contribution < 1.29 is 9.53 Å². The number of anilines is 1. The zero-order chi connectivity index (χ0) is 14.1. The number of hydrogen-bond acceptors (Lipinski definition) is 5. The number of ether oxygens (including phenoxy) is 1. The maximum atomic E-state index is 11.5. The highest BCUT2D eigenvalue weighted by molar-refractivity contribution is 7.15. The Hall–Kier alpha value is -1.88. The molecule has 1 saturated carbocycles. The highest BCUT2D eigenvalue weighted by atomic mass is 32.1. The SMILES string of the molecule is COC(=O)c1nc(NC2CC2c2ccccc2)sc1C. The first-order valence-corrected chi connectivity index (χ1v) is 7.38. The quantitative estimate of drug-likeness (QED) is 0.878. The Morgan fingerprint density at radius 3 is 2.85 bits per heavy atom. The average molecular weight is 288 g/mol. The molecule has 1 aromatic carbocycles. The minimum atomic E-state index is -0.373. The Balaban J connectivity index is 1.67. The van der Waals surface area contributed by atoms with E-state index in [0.717, 1.165) is 16.4 Å². The lowest BCUT2D eigenvalue weighted by Gasteiger charge is -2.01. The van der Waals surface area contributed by atoms with E-state index in [1.807, 2.05) is 13.0 Å². The smallest absolute Gasteiger partial charge is 0.357 e. The fourth-order valence-electron chi connectivity index (χ4n) is 2.33. The van der Waals surface area contributed by atoms with E-state index in [4.69, 9.17) is 4.74 Å². The molecule has 0 bridgehead atoms. The molecule has 1 heterocycles. The summed E-state index contributed by atoms with van der Waals surface area (Å²) in [7, 11) is 1.38.